The van der Waals surface area contributed by atoms with Crippen molar-refractivity contribution in [2.45, 2.75) is 70.0 Å². The first-order chi connectivity index (χ1) is 11.6. The van der Waals surface area contributed by atoms with Crippen molar-refractivity contribution in [2.24, 2.45) is 0 Å². The molecule has 0 aromatic carbocycles. The van der Waals surface area contributed by atoms with Gasteiger partial charge in [0.1, 0.15) is 5.82 Å². The summed E-state index contributed by atoms with van der Waals surface area (Å²) in [5, 5.41) is 7.72. The molecule has 6 heteroatoms. The maximum Gasteiger partial charge on any atom is 0.323 e. The van der Waals surface area contributed by atoms with E-state index in [1.165, 1.54) is 38.5 Å². The molecule has 2 saturated heterocycles. The van der Waals surface area contributed by atoms with Crippen LogP contribution in [0.1, 0.15) is 56.6 Å². The van der Waals surface area contributed by atoms with E-state index in [0.717, 1.165) is 30.9 Å². The van der Waals surface area contributed by atoms with Gasteiger partial charge in [0.2, 0.25) is 0 Å². The second kappa shape index (κ2) is 6.39. The fourth-order valence-electron chi connectivity index (χ4n) is 4.70. The molecule has 3 fully saturated rings. The van der Waals surface area contributed by atoms with Gasteiger partial charge in [-0.2, -0.15) is 5.10 Å². The van der Waals surface area contributed by atoms with Crippen LogP contribution in [0.2, 0.25) is 0 Å². The van der Waals surface area contributed by atoms with Crippen LogP contribution in [0.5, 0.6) is 0 Å². The third-order valence-electron chi connectivity index (χ3n) is 6.31. The van der Waals surface area contributed by atoms with Crippen molar-refractivity contribution < 1.29 is 4.79 Å². The molecular formula is C18H29N5O. The number of nitrogens with one attached hydrogen (secondary N) is 1. The number of hydrogen-bond acceptors (Lipinski definition) is 3. The Bertz CT molecular complexity index is 607. The van der Waals surface area contributed by atoms with Crippen molar-refractivity contribution in [2.75, 3.05) is 25.5 Å². The Morgan fingerprint density at radius 1 is 1.12 bits per heavy atom. The zero-order valence-electron chi connectivity index (χ0n) is 14.9. The summed E-state index contributed by atoms with van der Waals surface area (Å²) in [7, 11) is 2.21. The Morgan fingerprint density at radius 2 is 1.88 bits per heavy atom. The summed E-state index contributed by atoms with van der Waals surface area (Å²) in [6.07, 6.45) is 10.3. The highest BCUT2D eigenvalue weighted by atomic mass is 16.2. The monoisotopic (exact) mass is 331 g/mol. The predicted octanol–water partition coefficient (Wildman–Crippen LogP) is 3.01. The molecule has 2 aliphatic heterocycles. The molecule has 1 saturated carbocycles. The second-order valence-corrected chi connectivity index (χ2v) is 7.77. The van der Waals surface area contributed by atoms with Crippen molar-refractivity contribution in [1.29, 1.82) is 0 Å². The van der Waals surface area contributed by atoms with E-state index in [1.54, 1.807) is 0 Å². The summed E-state index contributed by atoms with van der Waals surface area (Å²) in [6.45, 7) is 3.73. The van der Waals surface area contributed by atoms with Crippen LogP contribution in [0.4, 0.5) is 10.6 Å². The molecule has 1 N–H and O–H groups in total. The van der Waals surface area contributed by atoms with Crippen LogP contribution in [-0.4, -0.2) is 57.8 Å². The first kappa shape index (κ1) is 15.9. The molecule has 1 aliphatic carbocycles. The molecule has 1 aromatic heterocycles. The van der Waals surface area contributed by atoms with Gasteiger partial charge in [0.05, 0.1) is 12.2 Å². The minimum absolute atomic E-state index is 0.0406. The van der Waals surface area contributed by atoms with E-state index in [0.29, 0.717) is 18.1 Å². The number of amides is 2. The SMILES string of the molecule is Cc1cnn(C2CCCC2)c1NC(=O)N1CC[C@@H]2CC[C@H](C1)N2C. The molecule has 2 amide bonds. The zero-order valence-corrected chi connectivity index (χ0v) is 14.9. The Hall–Kier alpha value is -1.56. The molecule has 0 unspecified atom stereocenters. The Kier molecular flexibility index (Phi) is 4.24. The van der Waals surface area contributed by atoms with Gasteiger partial charge in [-0.1, -0.05) is 12.8 Å². The number of anilines is 1. The van der Waals surface area contributed by atoms with Gasteiger partial charge in [-0.3, -0.25) is 10.2 Å². The van der Waals surface area contributed by atoms with Gasteiger partial charge >= 0.3 is 6.03 Å². The molecular weight excluding hydrogens is 302 g/mol. The topological polar surface area (TPSA) is 53.4 Å². The number of likely N-dealkylation sites (tertiary alicyclic amines) is 1. The number of fused-ring (bicyclic) bond motifs is 2. The lowest BCUT2D eigenvalue weighted by Crippen LogP contribution is -2.42. The van der Waals surface area contributed by atoms with Gasteiger partial charge in [-0.15, -0.1) is 0 Å². The highest BCUT2D eigenvalue weighted by Crippen LogP contribution is 2.33. The first-order valence-electron chi connectivity index (χ1n) is 9.45. The van der Waals surface area contributed by atoms with Gasteiger partial charge < -0.3 is 4.90 Å². The van der Waals surface area contributed by atoms with Crippen molar-refractivity contribution in [3.05, 3.63) is 11.8 Å². The van der Waals surface area contributed by atoms with Crippen molar-refractivity contribution >= 4 is 11.8 Å². The molecule has 1 aromatic rings. The molecule has 0 spiro atoms. The van der Waals surface area contributed by atoms with E-state index in [1.807, 2.05) is 18.0 Å². The van der Waals surface area contributed by atoms with E-state index in [2.05, 4.69) is 27.0 Å². The number of urea groups is 1. The van der Waals surface area contributed by atoms with Crippen LogP contribution in [0.3, 0.4) is 0 Å². The summed E-state index contributed by atoms with van der Waals surface area (Å²) in [4.78, 5) is 17.4. The Labute approximate surface area is 144 Å². The van der Waals surface area contributed by atoms with Gasteiger partial charge in [0.25, 0.3) is 0 Å². The second-order valence-electron chi connectivity index (χ2n) is 7.77. The molecule has 2 bridgehead atoms. The molecule has 4 rings (SSSR count). The smallest absolute Gasteiger partial charge is 0.323 e. The van der Waals surface area contributed by atoms with Crippen molar-refractivity contribution in [3.63, 3.8) is 0 Å². The largest absolute Gasteiger partial charge is 0.323 e. The molecule has 3 heterocycles. The lowest BCUT2D eigenvalue weighted by molar-refractivity contribution is 0.200. The standard InChI is InChI=1S/C18H29N5O/c1-13-11-19-23(15-5-3-4-6-15)17(13)20-18(24)22-10-9-14-7-8-16(12-22)21(14)2/h11,14-16H,3-10,12H2,1-2H3,(H,20,24)/t14-,16+/m0/s1. The summed E-state index contributed by atoms with van der Waals surface area (Å²) in [5.41, 5.74) is 1.06. The summed E-state index contributed by atoms with van der Waals surface area (Å²) >= 11 is 0. The van der Waals surface area contributed by atoms with Crippen LogP contribution in [0.15, 0.2) is 6.20 Å². The maximum atomic E-state index is 12.9. The molecule has 132 valence electrons. The molecule has 6 nitrogen and oxygen atoms in total. The van der Waals surface area contributed by atoms with Crippen LogP contribution in [0.25, 0.3) is 0 Å². The highest BCUT2D eigenvalue weighted by molar-refractivity contribution is 5.89. The summed E-state index contributed by atoms with van der Waals surface area (Å²) in [6, 6.07) is 1.65. The average molecular weight is 331 g/mol. The third-order valence-corrected chi connectivity index (χ3v) is 6.31. The molecule has 0 radical (unpaired) electrons. The van der Waals surface area contributed by atoms with Crippen LogP contribution in [0, 0.1) is 6.92 Å². The van der Waals surface area contributed by atoms with Gasteiger partial charge in [0.15, 0.2) is 0 Å². The minimum atomic E-state index is 0.0406. The van der Waals surface area contributed by atoms with E-state index in [-0.39, 0.29) is 6.03 Å². The Balaban J connectivity index is 1.47. The maximum absolute atomic E-state index is 12.9. The molecule has 3 aliphatic rings. The van der Waals surface area contributed by atoms with E-state index >= 15 is 0 Å². The van der Waals surface area contributed by atoms with E-state index < -0.39 is 0 Å². The third kappa shape index (κ3) is 2.81. The molecule has 24 heavy (non-hydrogen) atoms. The lowest BCUT2D eigenvalue weighted by Gasteiger charge is -2.26. The van der Waals surface area contributed by atoms with E-state index in [4.69, 9.17) is 0 Å². The zero-order chi connectivity index (χ0) is 16.7. The van der Waals surface area contributed by atoms with Gasteiger partial charge in [-0.25, -0.2) is 9.48 Å². The van der Waals surface area contributed by atoms with Crippen LogP contribution < -0.4 is 5.32 Å². The number of nitrogens with zero attached hydrogens (tertiary/aromatic N) is 4. The van der Waals surface area contributed by atoms with Crippen molar-refractivity contribution in [3.8, 4) is 0 Å². The van der Waals surface area contributed by atoms with Crippen LogP contribution >= 0.6 is 0 Å². The van der Waals surface area contributed by atoms with Gasteiger partial charge in [-0.05, 0) is 46.1 Å². The predicted molar refractivity (Wildman–Crippen MR) is 94.3 cm³/mol. The fourth-order valence-corrected chi connectivity index (χ4v) is 4.70. The number of carbonyl (C=O) groups is 1. The average Bonchev–Trinajstić information content (AvgIpc) is 3.23. The van der Waals surface area contributed by atoms with Crippen LogP contribution in [-0.2, 0) is 0 Å². The number of hydrogen-bond donors (Lipinski definition) is 1. The number of aryl methyl sites for hydroxylation is 1. The number of aromatic nitrogens is 2. The Morgan fingerprint density at radius 3 is 2.67 bits per heavy atom. The normalized spacial score (nSPS) is 28.3. The lowest BCUT2D eigenvalue weighted by atomic mass is 10.1. The van der Waals surface area contributed by atoms with E-state index in [9.17, 15) is 4.79 Å². The number of carbonyl (C=O) groups excluding carboxylic acids is 1. The molecule has 2 atom stereocenters. The van der Waals surface area contributed by atoms with Crippen molar-refractivity contribution in [1.82, 2.24) is 19.6 Å². The highest BCUT2D eigenvalue weighted by Gasteiger charge is 2.36. The quantitative estimate of drug-likeness (QED) is 0.906. The number of rotatable bonds is 2. The fraction of sp³-hybridized carbons (Fsp3) is 0.778. The summed E-state index contributed by atoms with van der Waals surface area (Å²) < 4.78 is 2.05. The first-order valence-corrected chi connectivity index (χ1v) is 9.45. The summed E-state index contributed by atoms with van der Waals surface area (Å²) in [5.74, 6) is 0.898. The number of likely N-dealkylation sites (N-methyl/N-ethyl adjacent to an activating group) is 1. The van der Waals surface area contributed by atoms with Gasteiger partial charge in [0, 0.05) is 30.7 Å². The minimum Gasteiger partial charge on any atom is -0.323 e.